The maximum atomic E-state index is 12.1. The number of benzene rings is 1. The highest BCUT2D eigenvalue weighted by atomic mass is 32.1. The van der Waals surface area contributed by atoms with Crippen molar-refractivity contribution in [3.05, 3.63) is 40.9 Å². The van der Waals surface area contributed by atoms with Gasteiger partial charge in [0.2, 0.25) is 0 Å². The molecule has 2 heterocycles. The van der Waals surface area contributed by atoms with Crippen molar-refractivity contribution < 1.29 is 14.3 Å². The molecule has 0 bridgehead atoms. The van der Waals surface area contributed by atoms with Crippen LogP contribution in [-0.4, -0.2) is 47.7 Å². The SMILES string of the molecule is Cc1cccc(OCC(=O)Nc2nc(CN3CC(C)OC(C)C3)cs2)c1. The van der Waals surface area contributed by atoms with Crippen LogP contribution < -0.4 is 10.1 Å². The minimum atomic E-state index is -0.207. The number of nitrogens with one attached hydrogen (secondary N) is 1. The summed E-state index contributed by atoms with van der Waals surface area (Å²) in [6.45, 7) is 8.69. The molecule has 1 fully saturated rings. The molecule has 2 atom stereocenters. The van der Waals surface area contributed by atoms with Gasteiger partial charge >= 0.3 is 0 Å². The number of thiazole rings is 1. The van der Waals surface area contributed by atoms with Crippen LogP contribution in [0.25, 0.3) is 0 Å². The Morgan fingerprint density at radius 1 is 1.38 bits per heavy atom. The Morgan fingerprint density at radius 3 is 2.88 bits per heavy atom. The van der Waals surface area contributed by atoms with Gasteiger partial charge in [-0.15, -0.1) is 11.3 Å². The zero-order valence-corrected chi connectivity index (χ0v) is 16.2. The third kappa shape index (κ3) is 5.52. The van der Waals surface area contributed by atoms with Crippen molar-refractivity contribution in [1.82, 2.24) is 9.88 Å². The van der Waals surface area contributed by atoms with E-state index in [-0.39, 0.29) is 24.7 Å². The summed E-state index contributed by atoms with van der Waals surface area (Å²) in [5.74, 6) is 0.483. The summed E-state index contributed by atoms with van der Waals surface area (Å²) in [4.78, 5) is 18.9. The molecule has 2 unspecified atom stereocenters. The fraction of sp³-hybridized carbons (Fsp3) is 0.474. The van der Waals surface area contributed by atoms with Gasteiger partial charge in [0.1, 0.15) is 5.75 Å². The first-order valence-electron chi connectivity index (χ1n) is 8.79. The van der Waals surface area contributed by atoms with Crippen molar-refractivity contribution in [2.75, 3.05) is 25.0 Å². The van der Waals surface area contributed by atoms with E-state index in [2.05, 4.69) is 29.0 Å². The number of amides is 1. The lowest BCUT2D eigenvalue weighted by Gasteiger charge is -2.34. The van der Waals surface area contributed by atoms with Crippen LogP contribution in [0.5, 0.6) is 5.75 Å². The van der Waals surface area contributed by atoms with Crippen LogP contribution in [-0.2, 0) is 16.1 Å². The lowest BCUT2D eigenvalue weighted by Crippen LogP contribution is -2.44. The number of carbonyl (C=O) groups excluding carboxylic acids is 1. The number of aryl methyl sites for hydroxylation is 1. The van der Waals surface area contributed by atoms with Gasteiger partial charge in [-0.05, 0) is 38.5 Å². The molecule has 1 aromatic carbocycles. The fourth-order valence-corrected chi connectivity index (χ4v) is 3.81. The average molecular weight is 375 g/mol. The van der Waals surface area contributed by atoms with Gasteiger partial charge < -0.3 is 9.47 Å². The Bertz CT molecular complexity index is 739. The highest BCUT2D eigenvalue weighted by Crippen LogP contribution is 2.19. The van der Waals surface area contributed by atoms with Gasteiger partial charge in [0.15, 0.2) is 11.7 Å². The van der Waals surface area contributed by atoms with E-state index in [1.807, 2.05) is 36.6 Å². The summed E-state index contributed by atoms with van der Waals surface area (Å²) in [6.07, 6.45) is 0.464. The van der Waals surface area contributed by atoms with E-state index in [1.165, 1.54) is 11.3 Å². The monoisotopic (exact) mass is 375 g/mol. The molecule has 2 aromatic rings. The highest BCUT2D eigenvalue weighted by molar-refractivity contribution is 7.13. The molecular weight excluding hydrogens is 350 g/mol. The van der Waals surface area contributed by atoms with E-state index < -0.39 is 0 Å². The molecule has 0 radical (unpaired) electrons. The molecule has 140 valence electrons. The number of anilines is 1. The number of nitrogens with zero attached hydrogens (tertiary/aromatic N) is 2. The van der Waals surface area contributed by atoms with Gasteiger partial charge in [0.25, 0.3) is 5.91 Å². The number of hydrogen-bond donors (Lipinski definition) is 1. The molecule has 0 aliphatic carbocycles. The first-order valence-corrected chi connectivity index (χ1v) is 9.67. The molecular formula is C19H25N3O3S. The zero-order valence-electron chi connectivity index (χ0n) is 15.4. The second kappa shape index (κ2) is 8.62. The van der Waals surface area contributed by atoms with E-state index in [0.29, 0.717) is 10.9 Å². The molecule has 1 aromatic heterocycles. The van der Waals surface area contributed by atoms with E-state index in [9.17, 15) is 4.79 Å². The summed E-state index contributed by atoms with van der Waals surface area (Å²) in [5.41, 5.74) is 2.06. The van der Waals surface area contributed by atoms with Crippen LogP contribution in [0.4, 0.5) is 5.13 Å². The molecule has 1 N–H and O–H groups in total. The van der Waals surface area contributed by atoms with Crippen molar-refractivity contribution in [3.63, 3.8) is 0 Å². The third-order valence-electron chi connectivity index (χ3n) is 4.04. The Labute approximate surface area is 158 Å². The first-order chi connectivity index (χ1) is 12.5. The Balaban J connectivity index is 1.47. The Kier molecular flexibility index (Phi) is 6.24. The summed E-state index contributed by atoms with van der Waals surface area (Å²) in [5, 5.41) is 5.39. The number of carbonyl (C=O) groups is 1. The highest BCUT2D eigenvalue weighted by Gasteiger charge is 2.22. The summed E-state index contributed by atoms with van der Waals surface area (Å²) in [7, 11) is 0. The molecule has 3 rings (SSSR count). The van der Waals surface area contributed by atoms with Gasteiger partial charge in [-0.25, -0.2) is 4.98 Å². The lowest BCUT2D eigenvalue weighted by atomic mass is 10.2. The van der Waals surface area contributed by atoms with Crippen molar-refractivity contribution in [1.29, 1.82) is 0 Å². The molecule has 7 heteroatoms. The van der Waals surface area contributed by atoms with Gasteiger partial charge in [0, 0.05) is 25.0 Å². The van der Waals surface area contributed by atoms with Crippen LogP contribution >= 0.6 is 11.3 Å². The van der Waals surface area contributed by atoms with Crippen molar-refractivity contribution in [2.24, 2.45) is 0 Å². The van der Waals surface area contributed by atoms with Crippen molar-refractivity contribution >= 4 is 22.4 Å². The van der Waals surface area contributed by atoms with Crippen LogP contribution in [0.1, 0.15) is 25.1 Å². The maximum absolute atomic E-state index is 12.1. The standard InChI is InChI=1S/C19H25N3O3S/c1-13-5-4-6-17(7-13)24-11-18(23)21-19-20-16(12-26-19)10-22-8-14(2)25-15(3)9-22/h4-7,12,14-15H,8-11H2,1-3H3,(H,20,21,23). The summed E-state index contributed by atoms with van der Waals surface area (Å²) in [6, 6.07) is 7.63. The minimum absolute atomic E-state index is 0.0309. The van der Waals surface area contributed by atoms with Gasteiger partial charge in [-0.2, -0.15) is 0 Å². The number of rotatable bonds is 6. The number of aromatic nitrogens is 1. The number of morpholine rings is 1. The quantitative estimate of drug-likeness (QED) is 0.841. The Hall–Kier alpha value is -1.96. The van der Waals surface area contributed by atoms with Crippen molar-refractivity contribution in [3.8, 4) is 5.75 Å². The van der Waals surface area contributed by atoms with Crippen LogP contribution in [0, 0.1) is 6.92 Å². The van der Waals surface area contributed by atoms with Crippen molar-refractivity contribution in [2.45, 2.75) is 39.5 Å². The summed E-state index contributed by atoms with van der Waals surface area (Å²) >= 11 is 1.44. The number of hydrogen-bond acceptors (Lipinski definition) is 6. The van der Waals surface area contributed by atoms with Gasteiger partial charge in [-0.3, -0.25) is 15.0 Å². The molecule has 26 heavy (non-hydrogen) atoms. The predicted octanol–water partition coefficient (Wildman–Crippen LogP) is 3.08. The zero-order chi connectivity index (χ0) is 18.5. The molecule has 1 amide bonds. The molecule has 1 aliphatic heterocycles. The van der Waals surface area contributed by atoms with Crippen LogP contribution in [0.15, 0.2) is 29.6 Å². The predicted molar refractivity (Wildman–Crippen MR) is 103 cm³/mol. The molecule has 0 saturated carbocycles. The maximum Gasteiger partial charge on any atom is 0.264 e. The Morgan fingerprint density at radius 2 is 2.15 bits per heavy atom. The summed E-state index contributed by atoms with van der Waals surface area (Å²) < 4.78 is 11.3. The van der Waals surface area contributed by atoms with E-state index >= 15 is 0 Å². The molecule has 1 aliphatic rings. The largest absolute Gasteiger partial charge is 0.484 e. The van der Waals surface area contributed by atoms with Gasteiger partial charge in [-0.1, -0.05) is 12.1 Å². The lowest BCUT2D eigenvalue weighted by molar-refractivity contribution is -0.118. The topological polar surface area (TPSA) is 63.7 Å². The fourth-order valence-electron chi connectivity index (χ4n) is 3.09. The van der Waals surface area contributed by atoms with Gasteiger partial charge in [0.05, 0.1) is 17.9 Å². The molecule has 1 saturated heterocycles. The van der Waals surface area contributed by atoms with E-state index in [0.717, 1.165) is 30.9 Å². The van der Waals surface area contributed by atoms with E-state index in [4.69, 9.17) is 9.47 Å². The van der Waals surface area contributed by atoms with E-state index in [1.54, 1.807) is 0 Å². The smallest absolute Gasteiger partial charge is 0.264 e. The van der Waals surface area contributed by atoms with Crippen LogP contribution in [0.2, 0.25) is 0 Å². The molecule has 0 spiro atoms. The second-order valence-corrected chi connectivity index (χ2v) is 7.61. The third-order valence-corrected chi connectivity index (χ3v) is 4.84. The number of ether oxygens (including phenoxy) is 2. The first kappa shape index (κ1) is 18.8. The molecule has 6 nitrogen and oxygen atoms in total. The normalized spacial score (nSPS) is 20.7. The minimum Gasteiger partial charge on any atom is -0.484 e. The second-order valence-electron chi connectivity index (χ2n) is 6.75. The average Bonchev–Trinajstić information content (AvgIpc) is 2.99. The van der Waals surface area contributed by atoms with Crippen LogP contribution in [0.3, 0.4) is 0 Å².